The van der Waals surface area contributed by atoms with Crippen LogP contribution in [0.15, 0.2) is 66.9 Å². The van der Waals surface area contributed by atoms with Crippen molar-refractivity contribution in [2.75, 3.05) is 38.2 Å². The zero-order valence-corrected chi connectivity index (χ0v) is 25.1. The Kier molecular flexibility index (Phi) is 10.4. The predicted molar refractivity (Wildman–Crippen MR) is 163 cm³/mol. The summed E-state index contributed by atoms with van der Waals surface area (Å²) in [7, 11) is -2.32. The Bertz CT molecular complexity index is 1590. The lowest BCUT2D eigenvalue weighted by molar-refractivity contribution is -0.140. The summed E-state index contributed by atoms with van der Waals surface area (Å²) in [5.74, 6) is 5.05. The highest BCUT2D eigenvalue weighted by Crippen LogP contribution is 2.19. The lowest BCUT2D eigenvalue weighted by atomic mass is 10.1. The van der Waals surface area contributed by atoms with Crippen LogP contribution in [0.25, 0.3) is 0 Å². The highest BCUT2D eigenvalue weighted by atomic mass is 32.2. The molecule has 0 saturated carbocycles. The van der Waals surface area contributed by atoms with Gasteiger partial charge in [-0.2, -0.15) is 17.4 Å². The summed E-state index contributed by atoms with van der Waals surface area (Å²) in [6, 6.07) is 17.3. The highest BCUT2D eigenvalue weighted by molar-refractivity contribution is 7.87. The van der Waals surface area contributed by atoms with Crippen molar-refractivity contribution in [3.05, 3.63) is 89.2 Å². The first kappa shape index (κ1) is 31.5. The van der Waals surface area contributed by atoms with Crippen molar-refractivity contribution in [2.24, 2.45) is 5.92 Å². The van der Waals surface area contributed by atoms with E-state index in [0.717, 1.165) is 22.6 Å². The summed E-state index contributed by atoms with van der Waals surface area (Å²) in [6.07, 6.45) is 1.55. The first-order valence-electron chi connectivity index (χ1n) is 13.8. The van der Waals surface area contributed by atoms with Crippen LogP contribution >= 0.6 is 0 Å². The number of anilines is 1. The first-order valence-corrected chi connectivity index (χ1v) is 15.2. The smallest absolute Gasteiger partial charge is 0.322 e. The van der Waals surface area contributed by atoms with Crippen LogP contribution in [0.4, 0.5) is 5.69 Å². The van der Waals surface area contributed by atoms with Crippen LogP contribution in [0.1, 0.15) is 41.0 Å². The number of carboxylic acids is 1. The molecule has 0 aliphatic carbocycles. The van der Waals surface area contributed by atoms with Gasteiger partial charge in [0.2, 0.25) is 0 Å². The summed E-state index contributed by atoms with van der Waals surface area (Å²) in [5, 5.41) is 12.2. The second-order valence-corrected chi connectivity index (χ2v) is 12.0. The van der Waals surface area contributed by atoms with Crippen LogP contribution in [0, 0.1) is 17.8 Å². The number of aliphatic carboxylic acids is 1. The van der Waals surface area contributed by atoms with Crippen LogP contribution in [0.3, 0.4) is 0 Å². The molecule has 0 spiro atoms. The number of piperazine rings is 1. The standard InChI is InChI=1S/C31H35N5O6S/c1-22(2)29(31(38)39)34-43(40,41)36-18-16-35(17-19-36)26-10-6-23(7-11-26)4-5-24-14-15-32-28(20-24)30(37)33-21-25-8-12-27(42-3)13-9-25/h6-15,20,22,29,34H,16-19,21H2,1-3H3,(H,33,37)(H,38,39)/t29-/m0/s1. The molecule has 4 rings (SSSR count). The molecule has 12 heteroatoms. The Morgan fingerprint density at radius 2 is 1.63 bits per heavy atom. The van der Waals surface area contributed by atoms with Gasteiger partial charge in [-0.1, -0.05) is 37.8 Å². The molecular formula is C31H35N5O6S. The highest BCUT2D eigenvalue weighted by Gasteiger charge is 2.32. The van der Waals surface area contributed by atoms with E-state index in [9.17, 15) is 23.1 Å². The molecule has 1 atom stereocenters. The van der Waals surface area contributed by atoms with Gasteiger partial charge in [0.25, 0.3) is 16.1 Å². The van der Waals surface area contributed by atoms with Crippen molar-refractivity contribution >= 4 is 27.8 Å². The van der Waals surface area contributed by atoms with Gasteiger partial charge in [-0.25, -0.2) is 0 Å². The van der Waals surface area contributed by atoms with E-state index in [1.165, 1.54) is 4.31 Å². The Balaban J connectivity index is 1.31. The molecule has 2 aromatic carbocycles. The SMILES string of the molecule is COc1ccc(CNC(=O)c2cc(C#Cc3ccc(N4CCN(S(=O)(=O)N[C@H](C(=O)O)C(C)C)CC4)cc3)ccn2)cc1. The number of hydrogen-bond acceptors (Lipinski definition) is 7. The van der Waals surface area contributed by atoms with Crippen LogP contribution < -0.4 is 19.7 Å². The second kappa shape index (κ2) is 14.2. The molecule has 226 valence electrons. The van der Waals surface area contributed by atoms with E-state index in [4.69, 9.17) is 4.74 Å². The summed E-state index contributed by atoms with van der Waals surface area (Å²) < 4.78 is 34.2. The van der Waals surface area contributed by atoms with E-state index in [0.29, 0.717) is 25.2 Å². The topological polar surface area (TPSA) is 141 Å². The third kappa shape index (κ3) is 8.54. The van der Waals surface area contributed by atoms with Crippen molar-refractivity contribution in [3.8, 4) is 17.6 Å². The van der Waals surface area contributed by atoms with E-state index in [1.807, 2.05) is 48.5 Å². The number of carboxylic acid groups (broad SMARTS) is 1. The summed E-state index contributed by atoms with van der Waals surface area (Å²) in [4.78, 5) is 30.3. The van der Waals surface area contributed by atoms with Gasteiger partial charge in [0.15, 0.2) is 0 Å². The monoisotopic (exact) mass is 605 g/mol. The van der Waals surface area contributed by atoms with Crippen LogP contribution in [-0.2, 0) is 21.5 Å². The molecule has 1 amide bonds. The molecule has 0 radical (unpaired) electrons. The van der Waals surface area contributed by atoms with Crippen LogP contribution in [0.2, 0.25) is 0 Å². The first-order chi connectivity index (χ1) is 20.6. The minimum absolute atomic E-state index is 0.235. The van der Waals surface area contributed by atoms with E-state index in [1.54, 1.807) is 39.3 Å². The zero-order chi connectivity index (χ0) is 31.0. The maximum Gasteiger partial charge on any atom is 0.322 e. The van der Waals surface area contributed by atoms with Crippen LogP contribution in [0.5, 0.6) is 5.75 Å². The van der Waals surface area contributed by atoms with Gasteiger partial charge in [0.05, 0.1) is 7.11 Å². The molecule has 1 aliphatic heterocycles. The molecule has 43 heavy (non-hydrogen) atoms. The maximum atomic E-state index is 12.7. The molecule has 0 unspecified atom stereocenters. The van der Waals surface area contributed by atoms with E-state index in [-0.39, 0.29) is 30.6 Å². The number of aromatic nitrogens is 1. The summed E-state index contributed by atoms with van der Waals surface area (Å²) in [6.45, 7) is 5.08. The molecule has 2 heterocycles. The van der Waals surface area contributed by atoms with Crippen molar-refractivity contribution in [3.63, 3.8) is 0 Å². The third-order valence-electron chi connectivity index (χ3n) is 6.98. The number of hydrogen-bond donors (Lipinski definition) is 3. The Hall–Kier alpha value is -4.44. The molecular weight excluding hydrogens is 570 g/mol. The Morgan fingerprint density at radius 1 is 0.977 bits per heavy atom. The number of nitrogens with zero attached hydrogens (tertiary/aromatic N) is 3. The van der Waals surface area contributed by atoms with Crippen molar-refractivity contribution in [2.45, 2.75) is 26.4 Å². The minimum Gasteiger partial charge on any atom is -0.497 e. The molecule has 11 nitrogen and oxygen atoms in total. The maximum absolute atomic E-state index is 12.7. The van der Waals surface area contributed by atoms with Crippen molar-refractivity contribution < 1.29 is 27.9 Å². The normalized spacial score (nSPS) is 14.5. The van der Waals surface area contributed by atoms with Gasteiger partial charge in [-0.15, -0.1) is 0 Å². The molecule has 1 aliphatic rings. The number of rotatable bonds is 10. The number of nitrogens with one attached hydrogen (secondary N) is 2. The molecule has 1 saturated heterocycles. The fraction of sp³-hybridized carbons (Fsp3) is 0.323. The number of carbonyl (C=O) groups excluding carboxylic acids is 1. The van der Waals surface area contributed by atoms with Crippen LogP contribution in [-0.4, -0.2) is 74.0 Å². The third-order valence-corrected chi connectivity index (χ3v) is 8.57. The Labute approximate surface area is 252 Å². The average Bonchev–Trinajstić information content (AvgIpc) is 3.02. The molecule has 3 aromatic rings. The van der Waals surface area contributed by atoms with Gasteiger partial charge >= 0.3 is 5.97 Å². The number of methoxy groups -OCH3 is 1. The van der Waals surface area contributed by atoms with Gasteiger partial charge in [-0.05, 0) is 60.0 Å². The van der Waals surface area contributed by atoms with E-state index < -0.39 is 22.2 Å². The number of pyridine rings is 1. The number of ether oxygens (including phenoxy) is 1. The van der Waals surface area contributed by atoms with Gasteiger partial charge in [0.1, 0.15) is 17.5 Å². The zero-order valence-electron chi connectivity index (χ0n) is 24.3. The number of amides is 1. The lowest BCUT2D eigenvalue weighted by Gasteiger charge is -2.36. The van der Waals surface area contributed by atoms with Gasteiger partial charge in [0, 0.05) is 55.7 Å². The second-order valence-electron chi connectivity index (χ2n) is 10.3. The molecule has 3 N–H and O–H groups in total. The fourth-order valence-electron chi connectivity index (χ4n) is 4.44. The molecule has 0 bridgehead atoms. The number of carbonyl (C=O) groups is 2. The van der Waals surface area contributed by atoms with E-state index >= 15 is 0 Å². The lowest BCUT2D eigenvalue weighted by Crippen LogP contribution is -2.55. The number of benzene rings is 2. The Morgan fingerprint density at radius 3 is 2.23 bits per heavy atom. The summed E-state index contributed by atoms with van der Waals surface area (Å²) >= 11 is 0. The predicted octanol–water partition coefficient (Wildman–Crippen LogP) is 2.49. The van der Waals surface area contributed by atoms with Crippen molar-refractivity contribution in [1.82, 2.24) is 19.3 Å². The molecule has 1 aromatic heterocycles. The fourth-order valence-corrected chi connectivity index (χ4v) is 5.93. The minimum atomic E-state index is -3.92. The van der Waals surface area contributed by atoms with Gasteiger partial charge in [-0.3, -0.25) is 14.6 Å². The van der Waals surface area contributed by atoms with Crippen molar-refractivity contribution in [1.29, 1.82) is 0 Å². The quantitative estimate of drug-likeness (QED) is 0.300. The summed E-state index contributed by atoms with van der Waals surface area (Å²) in [5.41, 5.74) is 3.58. The molecule has 1 fully saturated rings. The largest absolute Gasteiger partial charge is 0.497 e. The van der Waals surface area contributed by atoms with Gasteiger partial charge < -0.3 is 20.1 Å². The average molecular weight is 606 g/mol. The van der Waals surface area contributed by atoms with E-state index in [2.05, 4.69) is 31.8 Å².